The van der Waals surface area contributed by atoms with Crippen molar-refractivity contribution in [1.82, 2.24) is 14.8 Å². The second-order valence-electron chi connectivity index (χ2n) is 6.72. The van der Waals surface area contributed by atoms with Gasteiger partial charge in [-0.25, -0.2) is 9.48 Å². The molecule has 0 saturated carbocycles. The molecule has 2 aliphatic rings. The lowest BCUT2D eigenvalue weighted by Gasteiger charge is -2.28. The Balaban J connectivity index is 1.67. The number of carbonyl (C=O) groups excluding carboxylic acids is 1. The van der Waals surface area contributed by atoms with Gasteiger partial charge in [-0.2, -0.15) is 10.1 Å². The summed E-state index contributed by atoms with van der Waals surface area (Å²) in [4.78, 5) is 17.2. The minimum absolute atomic E-state index is 0.0442. The molecule has 0 bridgehead atoms. The number of hydrogen-bond donors (Lipinski definition) is 1. The number of methoxy groups -OCH3 is 1. The number of halogens is 1. The molecule has 0 amide bonds. The van der Waals surface area contributed by atoms with E-state index in [0.717, 1.165) is 18.4 Å². The summed E-state index contributed by atoms with van der Waals surface area (Å²) in [6.07, 6.45) is 3.28. The highest BCUT2D eigenvalue weighted by Gasteiger charge is 2.35. The normalized spacial score (nSPS) is 21.2. The van der Waals surface area contributed by atoms with Crippen molar-refractivity contribution in [3.05, 3.63) is 46.4 Å². The van der Waals surface area contributed by atoms with Gasteiger partial charge in [-0.1, -0.05) is 17.7 Å². The van der Waals surface area contributed by atoms with Crippen LogP contribution in [0.2, 0.25) is 5.02 Å². The molecule has 1 N–H and O–H groups in total. The number of nitrogens with one attached hydrogen (secondary N) is 1. The van der Waals surface area contributed by atoms with Crippen LogP contribution in [0.25, 0.3) is 0 Å². The molecule has 28 heavy (non-hydrogen) atoms. The molecular weight excluding hydrogens is 384 g/mol. The summed E-state index contributed by atoms with van der Waals surface area (Å²) in [5.41, 5.74) is 1.90. The summed E-state index contributed by atoms with van der Waals surface area (Å²) in [5, 5.41) is 7.86. The third-order valence-electron chi connectivity index (χ3n) is 4.93. The average molecular weight is 405 g/mol. The molecule has 9 heteroatoms. The van der Waals surface area contributed by atoms with Crippen molar-refractivity contribution in [1.29, 1.82) is 0 Å². The van der Waals surface area contributed by atoms with E-state index in [2.05, 4.69) is 15.4 Å². The van der Waals surface area contributed by atoms with E-state index in [-0.39, 0.29) is 12.7 Å². The van der Waals surface area contributed by atoms with Gasteiger partial charge in [0, 0.05) is 12.3 Å². The number of esters is 1. The summed E-state index contributed by atoms with van der Waals surface area (Å²) in [7, 11) is 1.55. The molecule has 2 aliphatic heterocycles. The maximum atomic E-state index is 13.0. The first-order valence-corrected chi connectivity index (χ1v) is 9.45. The van der Waals surface area contributed by atoms with Crippen LogP contribution in [0.1, 0.15) is 31.4 Å². The minimum Gasteiger partial charge on any atom is -0.495 e. The zero-order valence-corrected chi connectivity index (χ0v) is 16.4. The molecule has 4 rings (SSSR count). The Kier molecular flexibility index (Phi) is 5.23. The van der Waals surface area contributed by atoms with Crippen LogP contribution in [0.15, 0.2) is 35.8 Å². The predicted molar refractivity (Wildman–Crippen MR) is 102 cm³/mol. The highest BCUT2D eigenvalue weighted by atomic mass is 35.5. The van der Waals surface area contributed by atoms with E-state index < -0.39 is 12.0 Å². The topological polar surface area (TPSA) is 87.5 Å². The predicted octanol–water partition coefficient (Wildman–Crippen LogP) is 2.95. The van der Waals surface area contributed by atoms with E-state index in [9.17, 15) is 4.79 Å². The second kappa shape index (κ2) is 7.81. The van der Waals surface area contributed by atoms with E-state index in [1.807, 2.05) is 13.0 Å². The smallest absolute Gasteiger partial charge is 0.338 e. The molecule has 8 nitrogen and oxygen atoms in total. The van der Waals surface area contributed by atoms with Gasteiger partial charge >= 0.3 is 5.97 Å². The molecule has 1 aromatic carbocycles. The van der Waals surface area contributed by atoms with Gasteiger partial charge in [-0.3, -0.25) is 0 Å². The SMILES string of the molecule is COc1ccc([C@@H]2C(C(=O)OC[C@@H]3CCCO3)=C(C)Nc3ncnn32)cc1Cl. The lowest BCUT2D eigenvalue weighted by atomic mass is 9.95. The van der Waals surface area contributed by atoms with Crippen LogP contribution in [0.5, 0.6) is 5.75 Å². The molecule has 2 atom stereocenters. The molecule has 148 valence electrons. The number of fused-ring (bicyclic) bond motifs is 1. The van der Waals surface area contributed by atoms with Crippen molar-refractivity contribution in [3.8, 4) is 5.75 Å². The molecule has 0 aliphatic carbocycles. The van der Waals surface area contributed by atoms with Crippen LogP contribution in [-0.4, -0.2) is 47.2 Å². The van der Waals surface area contributed by atoms with Gasteiger partial charge in [0.2, 0.25) is 5.95 Å². The van der Waals surface area contributed by atoms with Gasteiger partial charge < -0.3 is 19.5 Å². The highest BCUT2D eigenvalue weighted by Crippen LogP contribution is 2.37. The van der Waals surface area contributed by atoms with E-state index in [0.29, 0.717) is 34.6 Å². The summed E-state index contributed by atoms with van der Waals surface area (Å²) < 4.78 is 18.0. The molecule has 1 saturated heterocycles. The summed E-state index contributed by atoms with van der Waals surface area (Å²) in [6, 6.07) is 4.87. The zero-order valence-electron chi connectivity index (χ0n) is 15.6. The van der Waals surface area contributed by atoms with Crippen molar-refractivity contribution in [2.24, 2.45) is 0 Å². The minimum atomic E-state index is -0.515. The number of carbonyl (C=O) groups is 1. The Hall–Kier alpha value is -2.58. The monoisotopic (exact) mass is 404 g/mol. The number of rotatable bonds is 5. The van der Waals surface area contributed by atoms with E-state index in [1.165, 1.54) is 6.33 Å². The third-order valence-corrected chi connectivity index (χ3v) is 5.23. The summed E-state index contributed by atoms with van der Waals surface area (Å²) in [5.74, 6) is 0.685. The summed E-state index contributed by atoms with van der Waals surface area (Å²) >= 11 is 6.33. The van der Waals surface area contributed by atoms with Crippen molar-refractivity contribution >= 4 is 23.5 Å². The fraction of sp³-hybridized carbons (Fsp3) is 0.421. The number of allylic oxidation sites excluding steroid dienone is 1. The van der Waals surface area contributed by atoms with Gasteiger partial charge in [0.05, 0.1) is 23.8 Å². The molecule has 0 radical (unpaired) electrons. The van der Waals surface area contributed by atoms with Crippen LogP contribution >= 0.6 is 11.6 Å². The van der Waals surface area contributed by atoms with Crippen LogP contribution in [0.3, 0.4) is 0 Å². The van der Waals surface area contributed by atoms with Crippen LogP contribution < -0.4 is 10.1 Å². The van der Waals surface area contributed by atoms with Crippen LogP contribution in [0.4, 0.5) is 5.95 Å². The highest BCUT2D eigenvalue weighted by molar-refractivity contribution is 6.32. The Morgan fingerprint density at radius 2 is 2.32 bits per heavy atom. The maximum Gasteiger partial charge on any atom is 0.338 e. The fourth-order valence-electron chi connectivity index (χ4n) is 3.54. The molecule has 2 aromatic rings. The van der Waals surface area contributed by atoms with E-state index in [4.69, 9.17) is 25.8 Å². The molecule has 0 unspecified atom stereocenters. The van der Waals surface area contributed by atoms with Gasteiger partial charge in [-0.05, 0) is 37.5 Å². The van der Waals surface area contributed by atoms with Gasteiger partial charge in [0.1, 0.15) is 24.7 Å². The zero-order chi connectivity index (χ0) is 19.7. The molecule has 3 heterocycles. The van der Waals surface area contributed by atoms with Crippen LogP contribution in [-0.2, 0) is 14.3 Å². The Morgan fingerprint density at radius 1 is 1.46 bits per heavy atom. The molecule has 1 fully saturated rings. The maximum absolute atomic E-state index is 13.0. The van der Waals surface area contributed by atoms with Crippen molar-refractivity contribution in [2.75, 3.05) is 25.6 Å². The lowest BCUT2D eigenvalue weighted by Crippen LogP contribution is -2.30. The van der Waals surface area contributed by atoms with Crippen molar-refractivity contribution < 1.29 is 19.0 Å². The van der Waals surface area contributed by atoms with Gasteiger partial charge in [-0.15, -0.1) is 0 Å². The molecular formula is C19H21ClN4O4. The Labute approximate surface area is 167 Å². The lowest BCUT2D eigenvalue weighted by molar-refractivity contribution is -0.142. The van der Waals surface area contributed by atoms with Gasteiger partial charge in [0.15, 0.2) is 0 Å². The first kappa shape index (κ1) is 18.8. The number of benzene rings is 1. The number of anilines is 1. The third kappa shape index (κ3) is 3.45. The van der Waals surface area contributed by atoms with Crippen LogP contribution in [0, 0.1) is 0 Å². The molecule has 0 spiro atoms. The number of hydrogen-bond acceptors (Lipinski definition) is 7. The van der Waals surface area contributed by atoms with E-state index >= 15 is 0 Å². The molecule has 1 aromatic heterocycles. The van der Waals surface area contributed by atoms with Crippen molar-refractivity contribution in [2.45, 2.75) is 31.9 Å². The largest absolute Gasteiger partial charge is 0.495 e. The average Bonchev–Trinajstić information content (AvgIpc) is 3.36. The Morgan fingerprint density at radius 3 is 3.04 bits per heavy atom. The second-order valence-corrected chi connectivity index (χ2v) is 7.13. The Bertz CT molecular complexity index is 920. The van der Waals surface area contributed by atoms with Gasteiger partial charge in [0.25, 0.3) is 0 Å². The van der Waals surface area contributed by atoms with E-state index in [1.54, 1.807) is 23.9 Å². The quantitative estimate of drug-likeness (QED) is 0.766. The number of nitrogens with zero attached hydrogens (tertiary/aromatic N) is 3. The first-order valence-electron chi connectivity index (χ1n) is 9.08. The van der Waals surface area contributed by atoms with Crippen molar-refractivity contribution in [3.63, 3.8) is 0 Å². The fourth-order valence-corrected chi connectivity index (χ4v) is 3.80. The number of ether oxygens (including phenoxy) is 3. The first-order chi connectivity index (χ1) is 13.6. The standard InChI is InChI=1S/C19H21ClN4O4/c1-11-16(18(25)28-9-13-4-3-7-27-13)17(24-19(23-11)21-10-22-24)12-5-6-15(26-2)14(20)8-12/h5-6,8,10,13,17H,3-4,7,9H2,1-2H3,(H,21,22,23)/t13-,17+/m0/s1. The summed E-state index contributed by atoms with van der Waals surface area (Å²) in [6.45, 7) is 2.76. The number of aromatic nitrogens is 3.